The average Bonchev–Trinajstić information content (AvgIpc) is 3.12. The van der Waals surface area contributed by atoms with Crippen LogP contribution >= 0.6 is 11.3 Å². The van der Waals surface area contributed by atoms with Gasteiger partial charge in [0.25, 0.3) is 0 Å². The van der Waals surface area contributed by atoms with Gasteiger partial charge in [0.1, 0.15) is 0 Å². The van der Waals surface area contributed by atoms with Crippen LogP contribution in [0.15, 0.2) is 46.7 Å². The molecule has 0 saturated carbocycles. The number of thiophene rings is 1. The first-order valence-electron chi connectivity index (χ1n) is 8.24. The Hall–Kier alpha value is -2.03. The summed E-state index contributed by atoms with van der Waals surface area (Å²) in [7, 11) is -3.77. The van der Waals surface area contributed by atoms with E-state index in [-0.39, 0.29) is 29.6 Å². The first kappa shape index (κ1) is 20.3. The highest BCUT2D eigenvalue weighted by Crippen LogP contribution is 2.14. The molecule has 0 saturated heterocycles. The van der Waals surface area contributed by atoms with Crippen LogP contribution in [0.3, 0.4) is 0 Å². The third-order valence-electron chi connectivity index (χ3n) is 3.84. The Kier molecular flexibility index (Phi) is 7.07. The van der Waals surface area contributed by atoms with Gasteiger partial charge >= 0.3 is 0 Å². The standard InChI is InChI=1S/C18H22N2O4S2/c1-3-20(13-16-7-5-11-25-16)18(22)9-10-19-26(23,24)17-8-4-6-15(12-17)14(2)21/h4-8,11-12,19H,3,9-10,13H2,1-2H3. The molecule has 26 heavy (non-hydrogen) atoms. The van der Waals surface area contributed by atoms with Crippen molar-refractivity contribution in [2.75, 3.05) is 13.1 Å². The third-order valence-corrected chi connectivity index (χ3v) is 6.16. The fourth-order valence-corrected chi connectivity index (χ4v) is 4.18. The smallest absolute Gasteiger partial charge is 0.240 e. The number of hydrogen-bond acceptors (Lipinski definition) is 5. The second-order valence-electron chi connectivity index (χ2n) is 5.72. The summed E-state index contributed by atoms with van der Waals surface area (Å²) in [6, 6.07) is 9.74. The minimum atomic E-state index is -3.77. The van der Waals surface area contributed by atoms with Crippen molar-refractivity contribution in [1.29, 1.82) is 0 Å². The van der Waals surface area contributed by atoms with Crippen LogP contribution in [0, 0.1) is 0 Å². The minimum absolute atomic E-state index is 0.00636. The molecule has 0 aliphatic heterocycles. The van der Waals surface area contributed by atoms with E-state index in [0.29, 0.717) is 18.7 Å². The Bertz CT molecular complexity index is 861. The molecule has 140 valence electrons. The summed E-state index contributed by atoms with van der Waals surface area (Å²) in [6.07, 6.45) is 0.0743. The molecule has 1 aromatic heterocycles. The number of carbonyl (C=O) groups excluding carboxylic acids is 2. The molecular formula is C18H22N2O4S2. The lowest BCUT2D eigenvalue weighted by molar-refractivity contribution is -0.131. The molecule has 2 rings (SSSR count). The molecule has 0 radical (unpaired) electrons. The lowest BCUT2D eigenvalue weighted by Crippen LogP contribution is -2.34. The molecule has 0 spiro atoms. The molecule has 0 aliphatic carbocycles. The number of sulfonamides is 1. The second-order valence-corrected chi connectivity index (χ2v) is 8.52. The number of amides is 1. The van der Waals surface area contributed by atoms with Crippen molar-refractivity contribution in [3.8, 4) is 0 Å². The summed E-state index contributed by atoms with van der Waals surface area (Å²) in [6.45, 7) is 4.37. The van der Waals surface area contributed by atoms with Gasteiger partial charge < -0.3 is 4.90 Å². The first-order valence-corrected chi connectivity index (χ1v) is 10.6. The van der Waals surface area contributed by atoms with E-state index in [1.807, 2.05) is 24.4 Å². The monoisotopic (exact) mass is 394 g/mol. The molecule has 8 heteroatoms. The van der Waals surface area contributed by atoms with Gasteiger partial charge in [0.05, 0.1) is 11.4 Å². The second kappa shape index (κ2) is 9.07. The van der Waals surface area contributed by atoms with Gasteiger partial charge in [-0.15, -0.1) is 11.3 Å². The molecule has 1 N–H and O–H groups in total. The highest BCUT2D eigenvalue weighted by molar-refractivity contribution is 7.89. The molecular weight excluding hydrogens is 372 g/mol. The van der Waals surface area contributed by atoms with Gasteiger partial charge in [-0.05, 0) is 37.4 Å². The number of carbonyl (C=O) groups is 2. The molecule has 2 aromatic rings. The number of nitrogens with one attached hydrogen (secondary N) is 1. The summed E-state index contributed by atoms with van der Waals surface area (Å²) in [5.74, 6) is -0.314. The number of benzene rings is 1. The third kappa shape index (κ3) is 5.48. The van der Waals surface area contributed by atoms with Crippen molar-refractivity contribution in [1.82, 2.24) is 9.62 Å². The molecule has 1 aromatic carbocycles. The first-order chi connectivity index (χ1) is 12.3. The molecule has 0 unspecified atom stereocenters. The fraction of sp³-hybridized carbons (Fsp3) is 0.333. The van der Waals surface area contributed by atoms with E-state index in [2.05, 4.69) is 4.72 Å². The van der Waals surface area contributed by atoms with Crippen LogP contribution in [-0.2, 0) is 21.4 Å². The van der Waals surface area contributed by atoms with Crippen molar-refractivity contribution in [2.45, 2.75) is 31.7 Å². The zero-order chi connectivity index (χ0) is 19.2. The Labute approximate surface area is 157 Å². The van der Waals surface area contributed by atoms with E-state index >= 15 is 0 Å². The zero-order valence-electron chi connectivity index (χ0n) is 14.8. The predicted molar refractivity (Wildman–Crippen MR) is 102 cm³/mol. The summed E-state index contributed by atoms with van der Waals surface area (Å²) >= 11 is 1.58. The topological polar surface area (TPSA) is 83.6 Å². The maximum absolute atomic E-state index is 12.3. The number of rotatable bonds is 9. The van der Waals surface area contributed by atoms with Gasteiger partial charge in [-0.3, -0.25) is 9.59 Å². The molecule has 0 aliphatic rings. The molecule has 1 amide bonds. The van der Waals surface area contributed by atoms with Crippen molar-refractivity contribution in [3.63, 3.8) is 0 Å². The van der Waals surface area contributed by atoms with Crippen molar-refractivity contribution in [3.05, 3.63) is 52.2 Å². The van der Waals surface area contributed by atoms with Crippen molar-refractivity contribution < 1.29 is 18.0 Å². The van der Waals surface area contributed by atoms with Crippen LogP contribution in [0.25, 0.3) is 0 Å². The number of hydrogen-bond donors (Lipinski definition) is 1. The van der Waals surface area contributed by atoms with Crippen molar-refractivity contribution in [2.24, 2.45) is 0 Å². The van der Waals surface area contributed by atoms with Crippen LogP contribution in [-0.4, -0.2) is 38.1 Å². The van der Waals surface area contributed by atoms with Gasteiger partial charge in [-0.25, -0.2) is 13.1 Å². The van der Waals surface area contributed by atoms with Gasteiger partial charge in [0, 0.05) is 30.0 Å². The maximum atomic E-state index is 12.3. The van der Waals surface area contributed by atoms with Crippen LogP contribution in [0.2, 0.25) is 0 Å². The van der Waals surface area contributed by atoms with Gasteiger partial charge in [0.2, 0.25) is 15.9 Å². The van der Waals surface area contributed by atoms with E-state index in [4.69, 9.17) is 0 Å². The Morgan fingerprint density at radius 3 is 2.58 bits per heavy atom. The summed E-state index contributed by atoms with van der Waals surface area (Å²) in [5.41, 5.74) is 0.331. The molecule has 0 bridgehead atoms. The highest BCUT2D eigenvalue weighted by atomic mass is 32.2. The minimum Gasteiger partial charge on any atom is -0.338 e. The Balaban J connectivity index is 1.93. The lowest BCUT2D eigenvalue weighted by atomic mass is 10.2. The Morgan fingerprint density at radius 2 is 1.96 bits per heavy atom. The predicted octanol–water partition coefficient (Wildman–Crippen LogP) is 2.67. The highest BCUT2D eigenvalue weighted by Gasteiger charge is 2.17. The molecule has 1 heterocycles. The van der Waals surface area contributed by atoms with Crippen LogP contribution in [0.5, 0.6) is 0 Å². The normalized spacial score (nSPS) is 11.3. The molecule has 6 nitrogen and oxygen atoms in total. The van der Waals surface area contributed by atoms with Crippen LogP contribution < -0.4 is 4.72 Å². The fourth-order valence-electron chi connectivity index (χ4n) is 2.38. The van der Waals surface area contributed by atoms with E-state index < -0.39 is 10.0 Å². The quantitative estimate of drug-likeness (QED) is 0.663. The summed E-state index contributed by atoms with van der Waals surface area (Å²) in [4.78, 5) is 26.5. The van der Waals surface area contributed by atoms with Gasteiger partial charge in [-0.2, -0.15) is 0 Å². The lowest BCUT2D eigenvalue weighted by Gasteiger charge is -2.20. The molecule has 0 fully saturated rings. The van der Waals surface area contributed by atoms with E-state index in [1.165, 1.54) is 25.1 Å². The van der Waals surface area contributed by atoms with Crippen LogP contribution in [0.1, 0.15) is 35.5 Å². The van der Waals surface area contributed by atoms with E-state index in [0.717, 1.165) is 4.88 Å². The number of ketones is 1. The largest absolute Gasteiger partial charge is 0.338 e. The Morgan fingerprint density at radius 1 is 1.19 bits per heavy atom. The maximum Gasteiger partial charge on any atom is 0.240 e. The number of nitrogens with zero attached hydrogens (tertiary/aromatic N) is 1. The SMILES string of the molecule is CCN(Cc1cccs1)C(=O)CCNS(=O)(=O)c1cccc(C(C)=O)c1. The van der Waals surface area contributed by atoms with E-state index in [1.54, 1.807) is 22.3 Å². The van der Waals surface area contributed by atoms with E-state index in [9.17, 15) is 18.0 Å². The average molecular weight is 395 g/mol. The molecule has 0 atom stereocenters. The summed E-state index contributed by atoms with van der Waals surface area (Å²) < 4.78 is 27.1. The zero-order valence-corrected chi connectivity index (χ0v) is 16.4. The summed E-state index contributed by atoms with van der Waals surface area (Å²) in [5, 5.41) is 1.96. The van der Waals surface area contributed by atoms with Crippen molar-refractivity contribution >= 4 is 33.1 Å². The van der Waals surface area contributed by atoms with Gasteiger partial charge in [-0.1, -0.05) is 18.2 Å². The van der Waals surface area contributed by atoms with Gasteiger partial charge in [0.15, 0.2) is 5.78 Å². The number of Topliss-reactive ketones (excluding diaryl/α,β-unsaturated/α-hetero) is 1. The van der Waals surface area contributed by atoms with Crippen LogP contribution in [0.4, 0.5) is 0 Å².